The Hall–Kier alpha value is -3.09. The Morgan fingerprint density at radius 2 is 2.05 bits per heavy atom. The third-order valence-electron chi connectivity index (χ3n) is 3.05. The molecule has 110 valence electrons. The number of ketones is 1. The Bertz CT molecular complexity index is 797. The van der Waals surface area contributed by atoms with E-state index in [1.165, 1.54) is 14.0 Å². The number of ether oxygens (including phenoxy) is 1. The molecule has 3 aromatic heterocycles. The van der Waals surface area contributed by atoms with E-state index in [-0.39, 0.29) is 5.78 Å². The van der Waals surface area contributed by atoms with Crippen molar-refractivity contribution in [2.45, 2.75) is 6.92 Å². The topological polar surface area (TPSA) is 82.8 Å². The molecule has 22 heavy (non-hydrogen) atoms. The van der Waals surface area contributed by atoms with Crippen molar-refractivity contribution in [2.24, 2.45) is 0 Å². The molecule has 0 bridgehead atoms. The highest BCUT2D eigenvalue weighted by Crippen LogP contribution is 2.21. The van der Waals surface area contributed by atoms with Crippen LogP contribution in [-0.4, -0.2) is 37.9 Å². The SMILES string of the molecule is COc1ccc(-n2nc(C(C)=O)cc2-c2ccccn2)nn1. The summed E-state index contributed by atoms with van der Waals surface area (Å²) in [5.74, 6) is 0.758. The van der Waals surface area contributed by atoms with Crippen molar-refractivity contribution in [3.8, 4) is 23.1 Å². The average Bonchev–Trinajstić information content (AvgIpc) is 3.01. The molecule has 0 aliphatic carbocycles. The molecule has 7 nitrogen and oxygen atoms in total. The van der Waals surface area contributed by atoms with E-state index in [4.69, 9.17) is 4.74 Å². The molecule has 0 aliphatic rings. The molecule has 3 rings (SSSR count). The first-order chi connectivity index (χ1) is 10.7. The van der Waals surface area contributed by atoms with Crippen LogP contribution in [0.5, 0.6) is 5.88 Å². The minimum atomic E-state index is -0.127. The van der Waals surface area contributed by atoms with Crippen molar-refractivity contribution in [1.29, 1.82) is 0 Å². The minimum absolute atomic E-state index is 0.127. The monoisotopic (exact) mass is 295 g/mol. The number of hydrogen-bond acceptors (Lipinski definition) is 6. The van der Waals surface area contributed by atoms with E-state index in [1.807, 2.05) is 18.2 Å². The van der Waals surface area contributed by atoms with Crippen LogP contribution in [0.25, 0.3) is 17.2 Å². The van der Waals surface area contributed by atoms with Crippen molar-refractivity contribution in [3.63, 3.8) is 0 Å². The lowest BCUT2D eigenvalue weighted by Gasteiger charge is -2.05. The molecular weight excluding hydrogens is 282 g/mol. The van der Waals surface area contributed by atoms with Gasteiger partial charge in [-0.2, -0.15) is 5.10 Å². The van der Waals surface area contributed by atoms with Gasteiger partial charge in [0, 0.05) is 19.2 Å². The molecule has 0 fully saturated rings. The summed E-state index contributed by atoms with van der Waals surface area (Å²) >= 11 is 0. The summed E-state index contributed by atoms with van der Waals surface area (Å²) < 4.78 is 6.54. The van der Waals surface area contributed by atoms with Crippen molar-refractivity contribution in [2.75, 3.05) is 7.11 Å². The van der Waals surface area contributed by atoms with E-state index in [9.17, 15) is 4.79 Å². The molecule has 7 heteroatoms. The number of methoxy groups -OCH3 is 1. The van der Waals surface area contributed by atoms with E-state index >= 15 is 0 Å². The molecule has 3 heterocycles. The van der Waals surface area contributed by atoms with Gasteiger partial charge >= 0.3 is 0 Å². The van der Waals surface area contributed by atoms with Crippen LogP contribution >= 0.6 is 0 Å². The second kappa shape index (κ2) is 5.72. The van der Waals surface area contributed by atoms with Crippen LogP contribution in [0.4, 0.5) is 0 Å². The minimum Gasteiger partial charge on any atom is -0.480 e. The summed E-state index contributed by atoms with van der Waals surface area (Å²) in [6.07, 6.45) is 1.68. The molecule has 0 spiro atoms. The fourth-order valence-corrected chi connectivity index (χ4v) is 1.96. The molecule has 0 saturated carbocycles. The van der Waals surface area contributed by atoms with Crippen molar-refractivity contribution < 1.29 is 9.53 Å². The Morgan fingerprint density at radius 3 is 2.64 bits per heavy atom. The highest BCUT2D eigenvalue weighted by Gasteiger charge is 2.16. The molecule has 0 unspecified atom stereocenters. The zero-order chi connectivity index (χ0) is 15.5. The quantitative estimate of drug-likeness (QED) is 0.684. The fraction of sp³-hybridized carbons (Fsp3) is 0.133. The third kappa shape index (κ3) is 2.56. The van der Waals surface area contributed by atoms with Gasteiger partial charge in [-0.1, -0.05) is 6.07 Å². The lowest BCUT2D eigenvalue weighted by molar-refractivity contribution is 0.101. The zero-order valence-corrected chi connectivity index (χ0v) is 12.1. The van der Waals surface area contributed by atoms with Gasteiger partial charge in [-0.3, -0.25) is 9.78 Å². The fourth-order valence-electron chi connectivity index (χ4n) is 1.96. The van der Waals surface area contributed by atoms with E-state index in [0.29, 0.717) is 28.8 Å². The number of carbonyl (C=O) groups is 1. The van der Waals surface area contributed by atoms with Crippen LogP contribution in [0.3, 0.4) is 0 Å². The second-order valence-corrected chi connectivity index (χ2v) is 4.53. The zero-order valence-electron chi connectivity index (χ0n) is 12.1. The second-order valence-electron chi connectivity index (χ2n) is 4.53. The summed E-state index contributed by atoms with van der Waals surface area (Å²) in [5, 5.41) is 12.3. The average molecular weight is 295 g/mol. The first-order valence-electron chi connectivity index (χ1n) is 6.59. The Kier molecular flexibility index (Phi) is 3.61. The molecular formula is C15H13N5O2. The summed E-state index contributed by atoms with van der Waals surface area (Å²) in [5.41, 5.74) is 1.71. The number of aromatic nitrogens is 5. The van der Waals surface area contributed by atoms with Crippen LogP contribution in [0, 0.1) is 0 Å². The van der Waals surface area contributed by atoms with Gasteiger partial charge in [-0.15, -0.1) is 10.2 Å². The summed E-state index contributed by atoms with van der Waals surface area (Å²) in [4.78, 5) is 15.9. The van der Waals surface area contributed by atoms with Gasteiger partial charge in [0.1, 0.15) is 5.69 Å². The van der Waals surface area contributed by atoms with E-state index in [2.05, 4.69) is 20.3 Å². The van der Waals surface area contributed by atoms with Gasteiger partial charge in [0.25, 0.3) is 0 Å². The molecule has 0 amide bonds. The predicted molar refractivity (Wildman–Crippen MR) is 78.9 cm³/mol. The van der Waals surface area contributed by atoms with Crippen molar-refractivity contribution in [3.05, 3.63) is 48.3 Å². The van der Waals surface area contributed by atoms with E-state index in [0.717, 1.165) is 0 Å². The lowest BCUT2D eigenvalue weighted by atomic mass is 10.2. The molecule has 0 N–H and O–H groups in total. The van der Waals surface area contributed by atoms with Crippen molar-refractivity contribution in [1.82, 2.24) is 25.0 Å². The van der Waals surface area contributed by atoms with E-state index < -0.39 is 0 Å². The highest BCUT2D eigenvalue weighted by molar-refractivity contribution is 5.93. The largest absolute Gasteiger partial charge is 0.480 e. The normalized spacial score (nSPS) is 10.5. The van der Waals surface area contributed by atoms with E-state index in [1.54, 1.807) is 29.1 Å². The number of Topliss-reactive ketones (excluding diaryl/α,β-unsaturated/α-hetero) is 1. The number of pyridine rings is 1. The Labute approximate surface area is 126 Å². The Balaban J connectivity index is 2.14. The Morgan fingerprint density at radius 1 is 1.18 bits per heavy atom. The first kappa shape index (κ1) is 13.9. The molecule has 0 aliphatic heterocycles. The summed E-state index contributed by atoms with van der Waals surface area (Å²) in [6.45, 7) is 1.47. The highest BCUT2D eigenvalue weighted by atomic mass is 16.5. The molecule has 3 aromatic rings. The number of carbonyl (C=O) groups excluding carboxylic acids is 1. The molecule has 0 saturated heterocycles. The summed E-state index contributed by atoms with van der Waals surface area (Å²) in [7, 11) is 1.52. The van der Waals surface area contributed by atoms with Crippen LogP contribution in [-0.2, 0) is 0 Å². The smallest absolute Gasteiger partial charge is 0.233 e. The lowest BCUT2D eigenvalue weighted by Crippen LogP contribution is -2.05. The van der Waals surface area contributed by atoms with Gasteiger partial charge in [0.2, 0.25) is 5.88 Å². The van der Waals surface area contributed by atoms with Crippen LogP contribution in [0.2, 0.25) is 0 Å². The maximum Gasteiger partial charge on any atom is 0.233 e. The molecule has 0 atom stereocenters. The summed E-state index contributed by atoms with van der Waals surface area (Å²) in [6, 6.07) is 10.6. The van der Waals surface area contributed by atoms with Crippen LogP contribution < -0.4 is 4.74 Å². The maximum atomic E-state index is 11.6. The van der Waals surface area contributed by atoms with Crippen LogP contribution in [0.15, 0.2) is 42.6 Å². The number of hydrogen-bond donors (Lipinski definition) is 0. The van der Waals surface area contributed by atoms with Gasteiger partial charge in [-0.25, -0.2) is 4.68 Å². The van der Waals surface area contributed by atoms with Gasteiger partial charge in [0.15, 0.2) is 11.6 Å². The predicted octanol–water partition coefficient (Wildman–Crippen LogP) is 1.94. The van der Waals surface area contributed by atoms with Gasteiger partial charge < -0.3 is 4.74 Å². The number of nitrogens with zero attached hydrogens (tertiary/aromatic N) is 5. The first-order valence-corrected chi connectivity index (χ1v) is 6.59. The van der Waals surface area contributed by atoms with Gasteiger partial charge in [0.05, 0.1) is 18.5 Å². The molecule has 0 aromatic carbocycles. The van der Waals surface area contributed by atoms with Crippen LogP contribution in [0.1, 0.15) is 17.4 Å². The maximum absolute atomic E-state index is 11.6. The molecule has 0 radical (unpaired) electrons. The standard InChI is InChI=1S/C15H13N5O2/c1-10(21)12-9-13(11-5-3-4-8-16-11)20(19-12)14-6-7-15(22-2)18-17-14/h3-9H,1-2H3. The third-order valence-corrected chi connectivity index (χ3v) is 3.05. The van der Waals surface area contributed by atoms with Gasteiger partial charge in [-0.05, 0) is 24.3 Å². The van der Waals surface area contributed by atoms with Crippen molar-refractivity contribution >= 4 is 5.78 Å². The number of rotatable bonds is 4.